The SMILES string of the molecule is Cc1ccc(OCCNC(=O)[C@H](CCCCNC(=O)OC(C)(C)C)NC(=O)OC(C)(C)C)cc1. The summed E-state index contributed by atoms with van der Waals surface area (Å²) < 4.78 is 16.1. The number of carbonyl (C=O) groups is 3. The van der Waals surface area contributed by atoms with E-state index < -0.39 is 29.4 Å². The first-order chi connectivity index (χ1) is 15.7. The maximum absolute atomic E-state index is 12.7. The van der Waals surface area contributed by atoms with Crippen molar-refractivity contribution in [3.8, 4) is 5.75 Å². The van der Waals surface area contributed by atoms with Gasteiger partial charge in [-0.15, -0.1) is 0 Å². The highest BCUT2D eigenvalue weighted by Gasteiger charge is 2.24. The predicted octanol–water partition coefficient (Wildman–Crippen LogP) is 4.08. The van der Waals surface area contributed by atoms with Gasteiger partial charge in [0.15, 0.2) is 0 Å². The average molecular weight is 480 g/mol. The van der Waals surface area contributed by atoms with Crippen molar-refractivity contribution < 1.29 is 28.6 Å². The van der Waals surface area contributed by atoms with Crippen molar-refractivity contribution in [1.82, 2.24) is 16.0 Å². The van der Waals surface area contributed by atoms with Gasteiger partial charge >= 0.3 is 12.2 Å². The Labute approximate surface area is 203 Å². The topological polar surface area (TPSA) is 115 Å². The Balaban J connectivity index is 2.49. The number of hydrogen-bond donors (Lipinski definition) is 3. The normalized spacial score (nSPS) is 12.3. The van der Waals surface area contributed by atoms with E-state index in [2.05, 4.69) is 16.0 Å². The van der Waals surface area contributed by atoms with E-state index in [1.807, 2.05) is 31.2 Å². The molecular weight excluding hydrogens is 438 g/mol. The molecule has 0 fully saturated rings. The maximum atomic E-state index is 12.7. The maximum Gasteiger partial charge on any atom is 0.408 e. The van der Waals surface area contributed by atoms with Gasteiger partial charge in [-0.3, -0.25) is 4.79 Å². The minimum atomic E-state index is -0.768. The van der Waals surface area contributed by atoms with Crippen LogP contribution in [0.3, 0.4) is 0 Å². The molecule has 192 valence electrons. The Morgan fingerprint density at radius 3 is 2.00 bits per heavy atom. The zero-order valence-electron chi connectivity index (χ0n) is 21.6. The first-order valence-corrected chi connectivity index (χ1v) is 11.7. The van der Waals surface area contributed by atoms with Crippen molar-refractivity contribution >= 4 is 18.1 Å². The summed E-state index contributed by atoms with van der Waals surface area (Å²) in [5.41, 5.74) is -0.101. The molecule has 1 aromatic carbocycles. The second-order valence-electron chi connectivity index (χ2n) is 10.1. The van der Waals surface area contributed by atoms with Crippen LogP contribution in [-0.2, 0) is 14.3 Å². The lowest BCUT2D eigenvalue weighted by molar-refractivity contribution is -0.123. The van der Waals surface area contributed by atoms with Crippen LogP contribution in [0.2, 0.25) is 0 Å². The lowest BCUT2D eigenvalue weighted by Crippen LogP contribution is -2.48. The van der Waals surface area contributed by atoms with Crippen molar-refractivity contribution in [2.45, 2.75) is 85.0 Å². The number of alkyl carbamates (subject to hydrolysis) is 2. The molecule has 0 bridgehead atoms. The fraction of sp³-hybridized carbons (Fsp3) is 0.640. The number of hydrogen-bond acceptors (Lipinski definition) is 6. The van der Waals surface area contributed by atoms with E-state index in [0.29, 0.717) is 39.0 Å². The summed E-state index contributed by atoms with van der Waals surface area (Å²) >= 11 is 0. The van der Waals surface area contributed by atoms with E-state index in [0.717, 1.165) is 11.3 Å². The van der Waals surface area contributed by atoms with Crippen LogP contribution in [-0.4, -0.2) is 55.0 Å². The third-order valence-electron chi connectivity index (χ3n) is 4.29. The summed E-state index contributed by atoms with van der Waals surface area (Å²) in [4.78, 5) is 36.6. The van der Waals surface area contributed by atoms with E-state index in [1.54, 1.807) is 41.5 Å². The first-order valence-electron chi connectivity index (χ1n) is 11.7. The Morgan fingerprint density at radius 2 is 1.41 bits per heavy atom. The van der Waals surface area contributed by atoms with Crippen molar-refractivity contribution in [3.63, 3.8) is 0 Å². The van der Waals surface area contributed by atoms with Gasteiger partial charge in [-0.25, -0.2) is 9.59 Å². The van der Waals surface area contributed by atoms with Crippen LogP contribution >= 0.6 is 0 Å². The molecule has 3 N–H and O–H groups in total. The Hall–Kier alpha value is -2.97. The van der Waals surface area contributed by atoms with Gasteiger partial charge in [0, 0.05) is 6.54 Å². The molecule has 0 spiro atoms. The first kappa shape index (κ1) is 29.1. The Kier molecular flexibility index (Phi) is 11.7. The molecule has 0 aliphatic carbocycles. The molecule has 34 heavy (non-hydrogen) atoms. The second kappa shape index (κ2) is 13.7. The third kappa shape index (κ3) is 14.2. The van der Waals surface area contributed by atoms with Crippen LogP contribution in [0.4, 0.5) is 9.59 Å². The molecule has 0 saturated carbocycles. The minimum Gasteiger partial charge on any atom is -0.492 e. The molecule has 1 rings (SSSR count). The van der Waals surface area contributed by atoms with E-state index in [-0.39, 0.29) is 5.91 Å². The van der Waals surface area contributed by atoms with Crippen molar-refractivity contribution in [2.75, 3.05) is 19.7 Å². The van der Waals surface area contributed by atoms with Crippen LogP contribution in [0.1, 0.15) is 66.4 Å². The summed E-state index contributed by atoms with van der Waals surface area (Å²) in [6.45, 7) is 13.6. The molecule has 0 aliphatic rings. The summed E-state index contributed by atoms with van der Waals surface area (Å²) in [5, 5.41) is 8.12. The molecule has 0 aromatic heterocycles. The lowest BCUT2D eigenvalue weighted by Gasteiger charge is -2.23. The van der Waals surface area contributed by atoms with Crippen LogP contribution in [0.5, 0.6) is 5.75 Å². The molecule has 0 saturated heterocycles. The van der Waals surface area contributed by atoms with Crippen LogP contribution in [0.15, 0.2) is 24.3 Å². The average Bonchev–Trinajstić information content (AvgIpc) is 2.68. The van der Waals surface area contributed by atoms with Gasteiger partial charge in [-0.1, -0.05) is 17.7 Å². The largest absolute Gasteiger partial charge is 0.492 e. The monoisotopic (exact) mass is 479 g/mol. The lowest BCUT2D eigenvalue weighted by atomic mass is 10.1. The molecule has 0 aliphatic heterocycles. The predicted molar refractivity (Wildman–Crippen MR) is 131 cm³/mol. The molecule has 0 unspecified atom stereocenters. The van der Waals surface area contributed by atoms with E-state index in [1.165, 1.54) is 0 Å². The fourth-order valence-corrected chi connectivity index (χ4v) is 2.80. The molecule has 9 nitrogen and oxygen atoms in total. The number of benzene rings is 1. The number of aryl methyl sites for hydroxylation is 1. The highest BCUT2D eigenvalue weighted by Crippen LogP contribution is 2.11. The molecular formula is C25H41N3O6. The molecule has 9 heteroatoms. The number of amides is 3. The number of unbranched alkanes of at least 4 members (excludes halogenated alkanes) is 1. The number of carbonyl (C=O) groups excluding carboxylic acids is 3. The van der Waals surface area contributed by atoms with E-state index in [4.69, 9.17) is 14.2 Å². The molecule has 1 atom stereocenters. The fourth-order valence-electron chi connectivity index (χ4n) is 2.80. The zero-order chi connectivity index (χ0) is 25.8. The number of ether oxygens (including phenoxy) is 3. The highest BCUT2D eigenvalue weighted by atomic mass is 16.6. The summed E-state index contributed by atoms with van der Waals surface area (Å²) in [6.07, 6.45) is 0.469. The van der Waals surface area contributed by atoms with Gasteiger partial charge in [0.05, 0.1) is 6.54 Å². The Bertz CT molecular complexity index is 781. The summed E-state index contributed by atoms with van der Waals surface area (Å²) in [7, 11) is 0. The Morgan fingerprint density at radius 1 is 0.824 bits per heavy atom. The van der Waals surface area contributed by atoms with Crippen LogP contribution in [0, 0.1) is 6.92 Å². The van der Waals surface area contributed by atoms with Gasteiger partial charge in [0.2, 0.25) is 5.91 Å². The van der Waals surface area contributed by atoms with Crippen LogP contribution in [0.25, 0.3) is 0 Å². The minimum absolute atomic E-state index is 0.291. The molecule has 1 aromatic rings. The smallest absolute Gasteiger partial charge is 0.408 e. The third-order valence-corrected chi connectivity index (χ3v) is 4.29. The van der Waals surface area contributed by atoms with Crippen molar-refractivity contribution in [3.05, 3.63) is 29.8 Å². The summed E-state index contributed by atoms with van der Waals surface area (Å²) in [5.74, 6) is 0.402. The standard InChI is InChI=1S/C25H41N3O6/c1-18-11-13-19(14-12-18)32-17-16-26-21(29)20(28-23(31)34-25(5,6)7)10-8-9-15-27-22(30)33-24(2,3)4/h11-14,20H,8-10,15-17H2,1-7H3,(H,26,29)(H,27,30)(H,28,31)/t20-/m0/s1. The number of nitrogens with one attached hydrogen (secondary N) is 3. The van der Waals surface area contributed by atoms with Crippen molar-refractivity contribution in [2.24, 2.45) is 0 Å². The highest BCUT2D eigenvalue weighted by molar-refractivity contribution is 5.85. The van der Waals surface area contributed by atoms with Gasteiger partial charge in [0.1, 0.15) is 29.6 Å². The summed E-state index contributed by atoms with van der Waals surface area (Å²) in [6, 6.07) is 6.87. The number of rotatable bonds is 11. The van der Waals surface area contributed by atoms with Gasteiger partial charge in [-0.05, 0) is 79.9 Å². The van der Waals surface area contributed by atoms with Crippen molar-refractivity contribution in [1.29, 1.82) is 0 Å². The molecule has 0 heterocycles. The second-order valence-corrected chi connectivity index (χ2v) is 10.1. The van der Waals surface area contributed by atoms with E-state index in [9.17, 15) is 14.4 Å². The van der Waals surface area contributed by atoms with Gasteiger partial charge in [0.25, 0.3) is 0 Å². The van der Waals surface area contributed by atoms with E-state index >= 15 is 0 Å². The molecule has 0 radical (unpaired) electrons. The molecule has 3 amide bonds. The zero-order valence-corrected chi connectivity index (χ0v) is 21.6. The quantitative estimate of drug-likeness (QED) is 0.412. The van der Waals surface area contributed by atoms with Crippen LogP contribution < -0.4 is 20.7 Å². The van der Waals surface area contributed by atoms with Gasteiger partial charge in [-0.2, -0.15) is 0 Å². The van der Waals surface area contributed by atoms with Gasteiger partial charge < -0.3 is 30.2 Å².